The van der Waals surface area contributed by atoms with Crippen molar-refractivity contribution in [1.29, 1.82) is 0 Å². The number of rotatable bonds is 0. The lowest BCUT2D eigenvalue weighted by molar-refractivity contribution is -0.138. The summed E-state index contributed by atoms with van der Waals surface area (Å²) in [7, 11) is 1.41. The molecule has 0 radical (unpaired) electrons. The first-order valence-corrected chi connectivity index (χ1v) is 4.34. The SMILES string of the molecule is Cn1ccc(C(F)(F)F)c(I)c1=O. The lowest BCUT2D eigenvalue weighted by Crippen LogP contribution is -2.23. The van der Waals surface area contributed by atoms with E-state index in [1.165, 1.54) is 29.6 Å². The van der Waals surface area contributed by atoms with Crippen LogP contribution in [0.5, 0.6) is 0 Å². The molecular formula is C7H5F3INO. The highest BCUT2D eigenvalue weighted by atomic mass is 127. The van der Waals surface area contributed by atoms with Crippen LogP contribution in [0.4, 0.5) is 13.2 Å². The topological polar surface area (TPSA) is 22.0 Å². The van der Waals surface area contributed by atoms with Crippen molar-refractivity contribution in [1.82, 2.24) is 4.57 Å². The monoisotopic (exact) mass is 303 g/mol. The summed E-state index contributed by atoms with van der Waals surface area (Å²) < 4.78 is 37.4. The predicted molar refractivity (Wildman–Crippen MR) is 49.4 cm³/mol. The lowest BCUT2D eigenvalue weighted by Gasteiger charge is -2.08. The zero-order valence-corrected chi connectivity index (χ0v) is 8.68. The van der Waals surface area contributed by atoms with Crippen LogP contribution in [0.15, 0.2) is 17.1 Å². The maximum Gasteiger partial charge on any atom is 0.417 e. The first-order valence-electron chi connectivity index (χ1n) is 3.26. The van der Waals surface area contributed by atoms with Gasteiger partial charge in [-0.3, -0.25) is 4.79 Å². The fraction of sp³-hybridized carbons (Fsp3) is 0.286. The smallest absolute Gasteiger partial charge is 0.318 e. The molecule has 1 aromatic heterocycles. The molecule has 0 atom stereocenters. The number of pyridine rings is 1. The average Bonchev–Trinajstić information content (AvgIpc) is 1.98. The Hall–Kier alpha value is -0.530. The summed E-state index contributed by atoms with van der Waals surface area (Å²) >= 11 is 1.40. The quantitative estimate of drug-likeness (QED) is 0.672. The predicted octanol–water partition coefficient (Wildman–Crippen LogP) is 2.01. The van der Waals surface area contributed by atoms with Gasteiger partial charge in [-0.1, -0.05) is 0 Å². The number of hydrogen-bond acceptors (Lipinski definition) is 1. The number of hydrogen-bond donors (Lipinski definition) is 0. The Kier molecular flexibility index (Phi) is 2.69. The van der Waals surface area contributed by atoms with E-state index in [1.54, 1.807) is 0 Å². The number of aryl methyl sites for hydroxylation is 1. The zero-order chi connectivity index (χ0) is 10.2. The molecule has 0 amide bonds. The molecule has 0 N–H and O–H groups in total. The van der Waals surface area contributed by atoms with E-state index in [0.29, 0.717) is 0 Å². The van der Waals surface area contributed by atoms with Crippen molar-refractivity contribution in [3.8, 4) is 0 Å². The summed E-state index contributed by atoms with van der Waals surface area (Å²) in [5, 5.41) is 0. The summed E-state index contributed by atoms with van der Waals surface area (Å²) in [6.07, 6.45) is -3.35. The molecule has 0 saturated heterocycles. The molecule has 2 nitrogen and oxygen atoms in total. The van der Waals surface area contributed by atoms with Gasteiger partial charge in [0, 0.05) is 13.2 Å². The number of alkyl halides is 3. The van der Waals surface area contributed by atoms with Gasteiger partial charge < -0.3 is 4.57 Å². The normalized spacial score (nSPS) is 11.8. The Balaban J connectivity index is 3.44. The van der Waals surface area contributed by atoms with Crippen LogP contribution in [0.3, 0.4) is 0 Å². The molecule has 0 aliphatic heterocycles. The van der Waals surface area contributed by atoms with Gasteiger partial charge in [-0.25, -0.2) is 0 Å². The van der Waals surface area contributed by atoms with Gasteiger partial charge in [0.25, 0.3) is 5.56 Å². The highest BCUT2D eigenvalue weighted by molar-refractivity contribution is 14.1. The second-order valence-electron chi connectivity index (χ2n) is 2.46. The molecule has 13 heavy (non-hydrogen) atoms. The van der Waals surface area contributed by atoms with Crippen molar-refractivity contribution < 1.29 is 13.2 Å². The third kappa shape index (κ3) is 2.04. The molecule has 6 heteroatoms. The summed E-state index contributed by atoms with van der Waals surface area (Å²) in [5.41, 5.74) is -1.51. The van der Waals surface area contributed by atoms with Crippen molar-refractivity contribution in [3.63, 3.8) is 0 Å². The first-order chi connectivity index (χ1) is 5.84. The van der Waals surface area contributed by atoms with Gasteiger partial charge >= 0.3 is 6.18 Å². The van der Waals surface area contributed by atoms with Crippen LogP contribution in [-0.4, -0.2) is 4.57 Å². The Morgan fingerprint density at radius 3 is 2.46 bits per heavy atom. The molecule has 0 bridgehead atoms. The van der Waals surface area contributed by atoms with Gasteiger partial charge in [0.15, 0.2) is 0 Å². The zero-order valence-electron chi connectivity index (χ0n) is 6.52. The Bertz CT molecular complexity index is 382. The van der Waals surface area contributed by atoms with Crippen LogP contribution < -0.4 is 5.56 Å². The summed E-state index contributed by atoms with van der Waals surface area (Å²) in [6.45, 7) is 0. The first kappa shape index (κ1) is 10.6. The highest BCUT2D eigenvalue weighted by Crippen LogP contribution is 2.30. The maximum absolute atomic E-state index is 12.2. The van der Waals surface area contributed by atoms with Crippen molar-refractivity contribution >= 4 is 22.6 Å². The second kappa shape index (κ2) is 3.32. The van der Waals surface area contributed by atoms with Crippen molar-refractivity contribution in [3.05, 3.63) is 31.8 Å². The molecule has 0 aliphatic rings. The average molecular weight is 303 g/mol. The standard InChI is InChI=1S/C7H5F3INO/c1-12-3-2-4(7(8,9)10)5(11)6(12)13/h2-3H,1H3. The maximum atomic E-state index is 12.2. The minimum Gasteiger partial charge on any atom is -0.318 e. The van der Waals surface area contributed by atoms with Gasteiger partial charge in [0.2, 0.25) is 0 Å². The minimum absolute atomic E-state index is 0.296. The van der Waals surface area contributed by atoms with Crippen LogP contribution >= 0.6 is 22.6 Å². The Morgan fingerprint density at radius 1 is 1.46 bits per heavy atom. The third-order valence-electron chi connectivity index (χ3n) is 1.51. The Morgan fingerprint density at radius 2 is 2.00 bits per heavy atom. The van der Waals surface area contributed by atoms with E-state index >= 15 is 0 Å². The summed E-state index contributed by atoms with van der Waals surface area (Å²) in [6, 6.07) is 0.892. The number of aromatic nitrogens is 1. The summed E-state index contributed by atoms with van der Waals surface area (Å²) in [5.74, 6) is 0. The Labute approximate surface area is 85.5 Å². The fourth-order valence-electron chi connectivity index (χ4n) is 0.816. The number of nitrogens with zero attached hydrogens (tertiary/aromatic N) is 1. The molecule has 0 spiro atoms. The van der Waals surface area contributed by atoms with Gasteiger partial charge in [0.1, 0.15) is 0 Å². The third-order valence-corrected chi connectivity index (χ3v) is 2.56. The van der Waals surface area contributed by atoms with Gasteiger partial charge in [0.05, 0.1) is 9.13 Å². The van der Waals surface area contributed by atoms with Crippen LogP contribution in [0.1, 0.15) is 5.56 Å². The van der Waals surface area contributed by atoms with E-state index in [-0.39, 0.29) is 3.57 Å². The van der Waals surface area contributed by atoms with Gasteiger partial charge in [-0.15, -0.1) is 0 Å². The summed E-state index contributed by atoms with van der Waals surface area (Å²) in [4.78, 5) is 11.1. The molecule has 0 aliphatic carbocycles. The molecule has 1 rings (SSSR count). The molecule has 0 fully saturated rings. The van der Waals surface area contributed by atoms with Crippen LogP contribution in [0.2, 0.25) is 0 Å². The minimum atomic E-state index is -4.45. The van der Waals surface area contributed by atoms with E-state index in [2.05, 4.69) is 0 Å². The van der Waals surface area contributed by atoms with E-state index in [0.717, 1.165) is 16.8 Å². The second-order valence-corrected chi connectivity index (χ2v) is 3.54. The molecule has 0 saturated carbocycles. The van der Waals surface area contributed by atoms with Crippen LogP contribution in [0, 0.1) is 3.57 Å². The van der Waals surface area contributed by atoms with Crippen molar-refractivity contribution in [2.24, 2.45) is 7.05 Å². The van der Waals surface area contributed by atoms with E-state index in [4.69, 9.17) is 0 Å². The van der Waals surface area contributed by atoms with Gasteiger partial charge in [-0.2, -0.15) is 13.2 Å². The van der Waals surface area contributed by atoms with Crippen molar-refractivity contribution in [2.45, 2.75) is 6.18 Å². The largest absolute Gasteiger partial charge is 0.417 e. The molecular weight excluding hydrogens is 298 g/mol. The van der Waals surface area contributed by atoms with E-state index in [9.17, 15) is 18.0 Å². The number of halogens is 4. The fourth-order valence-corrected chi connectivity index (χ4v) is 1.68. The molecule has 1 aromatic rings. The highest BCUT2D eigenvalue weighted by Gasteiger charge is 2.33. The van der Waals surface area contributed by atoms with Gasteiger partial charge in [-0.05, 0) is 28.7 Å². The van der Waals surface area contributed by atoms with Crippen LogP contribution in [0.25, 0.3) is 0 Å². The molecule has 72 valence electrons. The molecule has 1 heterocycles. The van der Waals surface area contributed by atoms with E-state index < -0.39 is 17.3 Å². The lowest BCUT2D eigenvalue weighted by atomic mass is 10.2. The molecule has 0 unspecified atom stereocenters. The van der Waals surface area contributed by atoms with E-state index in [1.807, 2.05) is 0 Å². The van der Waals surface area contributed by atoms with Crippen LogP contribution in [-0.2, 0) is 13.2 Å². The van der Waals surface area contributed by atoms with Crippen molar-refractivity contribution in [2.75, 3.05) is 0 Å². The molecule has 0 aromatic carbocycles.